The van der Waals surface area contributed by atoms with Crippen molar-refractivity contribution < 1.29 is 0 Å². The van der Waals surface area contributed by atoms with Crippen molar-refractivity contribution in [1.82, 2.24) is 0 Å². The van der Waals surface area contributed by atoms with Crippen molar-refractivity contribution in [2.75, 3.05) is 0 Å². The highest BCUT2D eigenvalue weighted by Gasteiger charge is 2.30. The quantitative estimate of drug-likeness (QED) is 0.551. The largest absolute Gasteiger partial charge is 0.0996 e. The maximum atomic E-state index is 4.49. The van der Waals surface area contributed by atoms with Gasteiger partial charge in [-0.2, -0.15) is 0 Å². The van der Waals surface area contributed by atoms with E-state index < -0.39 is 0 Å². The molecule has 2 aliphatic carbocycles. The number of hydrogen-bond acceptors (Lipinski definition) is 0. The lowest BCUT2D eigenvalue weighted by Crippen LogP contribution is -2.25. The van der Waals surface area contributed by atoms with Crippen LogP contribution in [0.2, 0.25) is 0 Å². The molecule has 0 heterocycles. The van der Waals surface area contributed by atoms with Gasteiger partial charge in [0, 0.05) is 0 Å². The fraction of sp³-hybridized carbons (Fsp3) is 0.889. The molecule has 0 aliphatic heterocycles. The van der Waals surface area contributed by atoms with E-state index in [1.54, 1.807) is 5.57 Å². The summed E-state index contributed by atoms with van der Waals surface area (Å²) in [6, 6.07) is 0. The zero-order valence-electron chi connectivity index (χ0n) is 12.8. The first-order chi connectivity index (χ1) is 8.58. The van der Waals surface area contributed by atoms with Crippen LogP contribution in [0.25, 0.3) is 0 Å². The lowest BCUT2D eigenvalue weighted by atomic mass is 9.69. The minimum Gasteiger partial charge on any atom is -0.0996 e. The molecule has 0 aromatic rings. The summed E-state index contributed by atoms with van der Waals surface area (Å²) in [6.45, 7) is 11.8. The lowest BCUT2D eigenvalue weighted by molar-refractivity contribution is 0.206. The molecule has 2 aliphatic rings. The van der Waals surface area contributed by atoms with Crippen LogP contribution in [0.3, 0.4) is 0 Å². The van der Waals surface area contributed by atoms with Crippen molar-refractivity contribution in [3.05, 3.63) is 12.2 Å². The van der Waals surface area contributed by atoms with Crippen molar-refractivity contribution in [2.24, 2.45) is 29.6 Å². The van der Waals surface area contributed by atoms with Gasteiger partial charge in [0.1, 0.15) is 0 Å². The average molecular weight is 248 g/mol. The van der Waals surface area contributed by atoms with Gasteiger partial charge in [-0.3, -0.25) is 0 Å². The Morgan fingerprint density at radius 3 is 2.39 bits per heavy atom. The van der Waals surface area contributed by atoms with Crippen LogP contribution in [0.1, 0.15) is 72.1 Å². The van der Waals surface area contributed by atoms with Crippen molar-refractivity contribution in [1.29, 1.82) is 0 Å². The fourth-order valence-corrected chi connectivity index (χ4v) is 4.29. The third kappa shape index (κ3) is 3.39. The molecule has 0 saturated heterocycles. The maximum Gasteiger partial charge on any atom is -0.0178 e. The van der Waals surface area contributed by atoms with Crippen LogP contribution < -0.4 is 0 Å². The maximum absolute atomic E-state index is 4.49. The van der Waals surface area contributed by atoms with E-state index in [2.05, 4.69) is 27.4 Å². The molecule has 5 atom stereocenters. The first-order valence-electron chi connectivity index (χ1n) is 8.25. The Labute approximate surface area is 114 Å². The van der Waals surface area contributed by atoms with Crippen LogP contribution in [0.5, 0.6) is 0 Å². The molecule has 0 amide bonds. The van der Waals surface area contributed by atoms with E-state index in [1.807, 2.05) is 0 Å². The smallest absolute Gasteiger partial charge is 0.0178 e. The minimum atomic E-state index is 0.822. The molecule has 0 heteroatoms. The second-order valence-corrected chi connectivity index (χ2v) is 7.39. The van der Waals surface area contributed by atoms with E-state index in [1.165, 1.54) is 51.4 Å². The first kappa shape index (κ1) is 14.2. The summed E-state index contributed by atoms with van der Waals surface area (Å²) in [4.78, 5) is 0. The van der Waals surface area contributed by atoms with E-state index in [9.17, 15) is 0 Å². The Balaban J connectivity index is 1.89. The SMILES string of the molecule is C=C(CC1CCCCC1C)C1CC(C)CCC1C. The van der Waals surface area contributed by atoms with E-state index >= 15 is 0 Å². The Morgan fingerprint density at radius 2 is 1.67 bits per heavy atom. The zero-order chi connectivity index (χ0) is 13.1. The van der Waals surface area contributed by atoms with Gasteiger partial charge in [0.25, 0.3) is 0 Å². The number of hydrogen-bond donors (Lipinski definition) is 0. The molecular weight excluding hydrogens is 216 g/mol. The summed E-state index contributed by atoms with van der Waals surface area (Å²) in [6.07, 6.45) is 11.4. The Morgan fingerprint density at radius 1 is 0.944 bits per heavy atom. The summed E-state index contributed by atoms with van der Waals surface area (Å²) < 4.78 is 0. The molecule has 18 heavy (non-hydrogen) atoms. The number of rotatable bonds is 3. The summed E-state index contributed by atoms with van der Waals surface area (Å²) >= 11 is 0. The average Bonchev–Trinajstić information content (AvgIpc) is 2.35. The Hall–Kier alpha value is -0.260. The summed E-state index contributed by atoms with van der Waals surface area (Å²) in [5.74, 6) is 4.50. The van der Waals surface area contributed by atoms with Crippen LogP contribution >= 0.6 is 0 Å². The zero-order valence-corrected chi connectivity index (χ0v) is 12.8. The molecule has 0 aromatic heterocycles. The van der Waals surface area contributed by atoms with Gasteiger partial charge < -0.3 is 0 Å². The van der Waals surface area contributed by atoms with Crippen LogP contribution in [0.4, 0.5) is 0 Å². The molecule has 0 spiro atoms. The molecule has 2 fully saturated rings. The van der Waals surface area contributed by atoms with E-state index in [-0.39, 0.29) is 0 Å². The first-order valence-corrected chi connectivity index (χ1v) is 8.25. The summed E-state index contributed by atoms with van der Waals surface area (Å²) in [5.41, 5.74) is 1.59. The molecule has 0 aromatic carbocycles. The van der Waals surface area contributed by atoms with Gasteiger partial charge in [0.15, 0.2) is 0 Å². The molecular formula is C18H32. The van der Waals surface area contributed by atoms with Gasteiger partial charge in [-0.25, -0.2) is 0 Å². The highest BCUT2D eigenvalue weighted by atomic mass is 14.3. The standard InChI is InChI=1S/C18H32/c1-13-9-10-15(3)18(11-13)16(4)12-17-8-6-5-7-14(17)2/h13-15,17-18H,4-12H2,1-3H3. The Kier molecular flexibility index (Phi) is 4.92. The summed E-state index contributed by atoms with van der Waals surface area (Å²) in [7, 11) is 0. The predicted octanol–water partition coefficient (Wildman–Crippen LogP) is 5.83. The lowest BCUT2D eigenvalue weighted by Gasteiger charge is -2.37. The van der Waals surface area contributed by atoms with Crippen LogP contribution in [-0.4, -0.2) is 0 Å². The molecule has 5 unspecified atom stereocenters. The van der Waals surface area contributed by atoms with Gasteiger partial charge in [-0.05, 0) is 55.3 Å². The van der Waals surface area contributed by atoms with Crippen molar-refractivity contribution in [3.63, 3.8) is 0 Å². The molecule has 2 rings (SSSR count). The van der Waals surface area contributed by atoms with E-state index in [0.29, 0.717) is 0 Å². The molecule has 0 N–H and O–H groups in total. The molecule has 0 bridgehead atoms. The van der Waals surface area contributed by atoms with Gasteiger partial charge in [0.2, 0.25) is 0 Å². The molecule has 2 saturated carbocycles. The molecule has 0 nitrogen and oxygen atoms in total. The molecule has 0 radical (unpaired) electrons. The van der Waals surface area contributed by atoms with Crippen LogP contribution in [0, 0.1) is 29.6 Å². The Bertz CT molecular complexity index is 278. The fourth-order valence-electron chi connectivity index (χ4n) is 4.29. The van der Waals surface area contributed by atoms with Crippen molar-refractivity contribution in [2.45, 2.75) is 72.1 Å². The highest BCUT2D eigenvalue weighted by molar-refractivity contribution is 5.06. The van der Waals surface area contributed by atoms with Crippen LogP contribution in [-0.2, 0) is 0 Å². The normalized spacial score (nSPS) is 41.6. The van der Waals surface area contributed by atoms with Gasteiger partial charge in [0.05, 0.1) is 0 Å². The van der Waals surface area contributed by atoms with Crippen LogP contribution in [0.15, 0.2) is 12.2 Å². The van der Waals surface area contributed by atoms with Gasteiger partial charge in [-0.15, -0.1) is 0 Å². The second kappa shape index (κ2) is 6.26. The third-order valence-corrected chi connectivity index (χ3v) is 5.80. The highest BCUT2D eigenvalue weighted by Crippen LogP contribution is 2.42. The summed E-state index contributed by atoms with van der Waals surface area (Å²) in [5, 5.41) is 0. The van der Waals surface area contributed by atoms with Gasteiger partial charge in [-0.1, -0.05) is 58.6 Å². The third-order valence-electron chi connectivity index (χ3n) is 5.80. The van der Waals surface area contributed by atoms with Gasteiger partial charge >= 0.3 is 0 Å². The van der Waals surface area contributed by atoms with Crippen molar-refractivity contribution >= 4 is 0 Å². The number of allylic oxidation sites excluding steroid dienone is 1. The van der Waals surface area contributed by atoms with E-state index in [4.69, 9.17) is 0 Å². The predicted molar refractivity (Wildman–Crippen MR) is 80.5 cm³/mol. The molecule has 104 valence electrons. The minimum absolute atomic E-state index is 0.822. The second-order valence-electron chi connectivity index (χ2n) is 7.39. The topological polar surface area (TPSA) is 0 Å². The monoisotopic (exact) mass is 248 g/mol. The van der Waals surface area contributed by atoms with Crippen molar-refractivity contribution in [3.8, 4) is 0 Å². The van der Waals surface area contributed by atoms with E-state index in [0.717, 1.165) is 29.6 Å².